The van der Waals surface area contributed by atoms with Gasteiger partial charge in [0.05, 0.1) is 0 Å². The van der Waals surface area contributed by atoms with Crippen molar-refractivity contribution in [2.24, 2.45) is 5.92 Å². The number of rotatable bonds is 5. The molecule has 4 rings (SSSR count). The molecule has 0 bridgehead atoms. The molecule has 0 unspecified atom stereocenters. The van der Waals surface area contributed by atoms with E-state index in [0.717, 1.165) is 56.8 Å². The maximum absolute atomic E-state index is 12.0. The van der Waals surface area contributed by atoms with Gasteiger partial charge in [0.1, 0.15) is 11.4 Å². The van der Waals surface area contributed by atoms with Crippen molar-refractivity contribution in [2.45, 2.75) is 71.4 Å². The van der Waals surface area contributed by atoms with Crippen LogP contribution in [0, 0.1) is 5.92 Å². The van der Waals surface area contributed by atoms with E-state index < -0.39 is 0 Å². The minimum absolute atomic E-state index is 0.00598. The number of carbonyl (C=O) groups is 1. The summed E-state index contributed by atoms with van der Waals surface area (Å²) in [6.45, 7) is 11.4. The summed E-state index contributed by atoms with van der Waals surface area (Å²) in [5, 5.41) is 3.03. The number of benzene rings is 2. The van der Waals surface area contributed by atoms with Crippen molar-refractivity contribution in [3.05, 3.63) is 59.2 Å². The van der Waals surface area contributed by atoms with Crippen LogP contribution in [0.5, 0.6) is 5.75 Å². The van der Waals surface area contributed by atoms with Crippen molar-refractivity contribution < 1.29 is 9.53 Å². The molecule has 4 heteroatoms. The molecule has 166 valence electrons. The molecular formula is C27H36N2O2. The first-order chi connectivity index (χ1) is 14.8. The highest BCUT2D eigenvalue weighted by atomic mass is 16.5. The predicted molar refractivity (Wildman–Crippen MR) is 127 cm³/mol. The maximum Gasteiger partial charge on any atom is 0.226 e. The zero-order valence-electron chi connectivity index (χ0n) is 19.4. The molecule has 0 radical (unpaired) electrons. The van der Waals surface area contributed by atoms with Gasteiger partial charge in [-0.2, -0.15) is 0 Å². The lowest BCUT2D eigenvalue weighted by molar-refractivity contribution is -0.118. The van der Waals surface area contributed by atoms with E-state index in [1.54, 1.807) is 0 Å². The van der Waals surface area contributed by atoms with Crippen LogP contribution < -0.4 is 10.1 Å². The van der Waals surface area contributed by atoms with E-state index in [1.807, 2.05) is 19.9 Å². The standard InChI is InChI=1S/C27H36N2O2/c1-19(2)26(30)28-24-7-5-6-22(17-24)21-11-14-29(15-12-21)18-20-8-9-25-23(16-20)10-13-27(3,4)31-25/h5-9,16-17,19,21H,10-15,18H2,1-4H3,(H,28,30). The Balaban J connectivity index is 1.33. The molecule has 0 aliphatic carbocycles. The van der Waals surface area contributed by atoms with Crippen molar-refractivity contribution in [3.63, 3.8) is 0 Å². The number of anilines is 1. The van der Waals surface area contributed by atoms with E-state index in [0.29, 0.717) is 5.92 Å². The van der Waals surface area contributed by atoms with Crippen molar-refractivity contribution >= 4 is 11.6 Å². The summed E-state index contributed by atoms with van der Waals surface area (Å²) in [6, 6.07) is 15.1. The Hall–Kier alpha value is -2.33. The van der Waals surface area contributed by atoms with Crippen LogP contribution in [-0.2, 0) is 17.8 Å². The number of nitrogens with one attached hydrogen (secondary N) is 1. The largest absolute Gasteiger partial charge is 0.488 e. The minimum atomic E-state index is -0.0503. The molecule has 1 fully saturated rings. The second kappa shape index (κ2) is 9.04. The van der Waals surface area contributed by atoms with E-state index in [1.165, 1.54) is 16.7 Å². The highest BCUT2D eigenvalue weighted by Gasteiger charge is 2.27. The molecule has 1 amide bonds. The van der Waals surface area contributed by atoms with Gasteiger partial charge in [-0.15, -0.1) is 0 Å². The van der Waals surface area contributed by atoms with Gasteiger partial charge in [0.25, 0.3) is 0 Å². The van der Waals surface area contributed by atoms with Crippen molar-refractivity contribution in [1.29, 1.82) is 0 Å². The van der Waals surface area contributed by atoms with Gasteiger partial charge in [0.15, 0.2) is 0 Å². The lowest BCUT2D eigenvalue weighted by Crippen LogP contribution is -2.33. The van der Waals surface area contributed by atoms with Crippen LogP contribution in [0.2, 0.25) is 0 Å². The third-order valence-corrected chi connectivity index (χ3v) is 6.65. The predicted octanol–water partition coefficient (Wildman–Crippen LogP) is 5.76. The third kappa shape index (κ3) is 5.48. The smallest absolute Gasteiger partial charge is 0.226 e. The Bertz CT molecular complexity index is 927. The zero-order chi connectivity index (χ0) is 22.0. The fourth-order valence-electron chi connectivity index (χ4n) is 4.65. The molecule has 0 saturated carbocycles. The lowest BCUT2D eigenvalue weighted by Gasteiger charge is -2.34. The molecule has 31 heavy (non-hydrogen) atoms. The number of fused-ring (bicyclic) bond motifs is 1. The molecule has 1 saturated heterocycles. The van der Waals surface area contributed by atoms with Gasteiger partial charge in [-0.25, -0.2) is 0 Å². The molecule has 2 aromatic rings. The number of ether oxygens (including phenoxy) is 1. The summed E-state index contributed by atoms with van der Waals surface area (Å²) < 4.78 is 6.13. The average Bonchev–Trinajstić information content (AvgIpc) is 2.74. The minimum Gasteiger partial charge on any atom is -0.488 e. The van der Waals surface area contributed by atoms with Gasteiger partial charge < -0.3 is 10.1 Å². The molecule has 2 heterocycles. The first-order valence-electron chi connectivity index (χ1n) is 11.7. The first kappa shape index (κ1) is 21.9. The number of carbonyl (C=O) groups excluding carboxylic acids is 1. The van der Waals surface area contributed by atoms with Crippen molar-refractivity contribution in [3.8, 4) is 5.75 Å². The topological polar surface area (TPSA) is 41.6 Å². The van der Waals surface area contributed by atoms with Crippen LogP contribution in [0.4, 0.5) is 5.69 Å². The highest BCUT2D eigenvalue weighted by molar-refractivity contribution is 5.92. The van der Waals surface area contributed by atoms with E-state index in [2.05, 4.69) is 60.5 Å². The quantitative estimate of drug-likeness (QED) is 0.668. The summed E-state index contributed by atoms with van der Waals surface area (Å²) in [6.07, 6.45) is 4.49. The third-order valence-electron chi connectivity index (χ3n) is 6.65. The summed E-state index contributed by atoms with van der Waals surface area (Å²) in [4.78, 5) is 14.6. The van der Waals surface area contributed by atoms with Crippen molar-refractivity contribution in [1.82, 2.24) is 4.90 Å². The summed E-state index contributed by atoms with van der Waals surface area (Å²) in [5.41, 5.74) is 4.95. The Kier molecular flexibility index (Phi) is 6.38. The number of hydrogen-bond donors (Lipinski definition) is 1. The summed E-state index contributed by atoms with van der Waals surface area (Å²) in [5.74, 6) is 1.69. The van der Waals surface area contributed by atoms with E-state index >= 15 is 0 Å². The second-order valence-corrected chi connectivity index (χ2v) is 10.1. The van der Waals surface area contributed by atoms with E-state index in [9.17, 15) is 4.79 Å². The fourth-order valence-corrected chi connectivity index (χ4v) is 4.65. The number of amides is 1. The number of hydrogen-bond acceptors (Lipinski definition) is 3. The molecule has 2 aliphatic heterocycles. The highest BCUT2D eigenvalue weighted by Crippen LogP contribution is 2.34. The zero-order valence-corrected chi connectivity index (χ0v) is 19.4. The molecule has 4 nitrogen and oxygen atoms in total. The Morgan fingerprint density at radius 1 is 1.16 bits per heavy atom. The molecule has 2 aromatic carbocycles. The average molecular weight is 421 g/mol. The summed E-state index contributed by atoms with van der Waals surface area (Å²) in [7, 11) is 0. The van der Waals surface area contributed by atoms with Crippen LogP contribution in [-0.4, -0.2) is 29.5 Å². The number of piperidine rings is 1. The van der Waals surface area contributed by atoms with Crippen LogP contribution >= 0.6 is 0 Å². The van der Waals surface area contributed by atoms with Gasteiger partial charge in [0.2, 0.25) is 5.91 Å². The Morgan fingerprint density at radius 3 is 2.68 bits per heavy atom. The van der Waals surface area contributed by atoms with Crippen LogP contribution in [0.3, 0.4) is 0 Å². The fraction of sp³-hybridized carbons (Fsp3) is 0.519. The molecule has 0 atom stereocenters. The van der Waals surface area contributed by atoms with Crippen LogP contribution in [0.25, 0.3) is 0 Å². The van der Waals surface area contributed by atoms with E-state index in [4.69, 9.17) is 4.74 Å². The maximum atomic E-state index is 12.0. The summed E-state index contributed by atoms with van der Waals surface area (Å²) >= 11 is 0. The molecule has 1 N–H and O–H groups in total. The van der Waals surface area contributed by atoms with Crippen LogP contribution in [0.15, 0.2) is 42.5 Å². The Labute approximate surface area is 187 Å². The SMILES string of the molecule is CC(C)C(=O)Nc1cccc(C2CCN(Cc3ccc4c(c3)CCC(C)(C)O4)CC2)c1. The normalized spacial score (nSPS) is 19.0. The molecule has 0 aromatic heterocycles. The monoisotopic (exact) mass is 420 g/mol. The molecule has 0 spiro atoms. The molecular weight excluding hydrogens is 384 g/mol. The van der Waals surface area contributed by atoms with E-state index in [-0.39, 0.29) is 17.4 Å². The van der Waals surface area contributed by atoms with Crippen molar-refractivity contribution in [2.75, 3.05) is 18.4 Å². The van der Waals surface area contributed by atoms with Gasteiger partial charge in [0, 0.05) is 18.2 Å². The number of nitrogens with zero attached hydrogens (tertiary/aromatic N) is 1. The number of likely N-dealkylation sites (tertiary alicyclic amines) is 1. The van der Waals surface area contributed by atoms with Gasteiger partial charge >= 0.3 is 0 Å². The van der Waals surface area contributed by atoms with Crippen LogP contribution in [0.1, 0.15) is 69.6 Å². The first-order valence-corrected chi connectivity index (χ1v) is 11.7. The molecule has 2 aliphatic rings. The second-order valence-electron chi connectivity index (χ2n) is 10.1. The Morgan fingerprint density at radius 2 is 1.94 bits per heavy atom. The number of aryl methyl sites for hydroxylation is 1. The van der Waals surface area contributed by atoms with Gasteiger partial charge in [-0.1, -0.05) is 38.1 Å². The van der Waals surface area contributed by atoms with Gasteiger partial charge in [-0.3, -0.25) is 9.69 Å². The lowest BCUT2D eigenvalue weighted by atomic mass is 9.89. The van der Waals surface area contributed by atoms with Gasteiger partial charge in [-0.05, 0) is 93.4 Å².